The molecule has 0 amide bonds. The normalized spacial score (nSPS) is 22.1. The summed E-state index contributed by atoms with van der Waals surface area (Å²) in [6, 6.07) is 10.9. The summed E-state index contributed by atoms with van der Waals surface area (Å²) in [6.45, 7) is 16.5. The van der Waals surface area contributed by atoms with Gasteiger partial charge >= 0.3 is 223 Å². The van der Waals surface area contributed by atoms with Crippen molar-refractivity contribution in [2.24, 2.45) is 11.8 Å². The molecule has 0 N–H and O–H groups in total. The summed E-state index contributed by atoms with van der Waals surface area (Å²) in [5, 5.41) is 0. The van der Waals surface area contributed by atoms with Crippen molar-refractivity contribution in [1.82, 2.24) is 0 Å². The van der Waals surface area contributed by atoms with Gasteiger partial charge in [-0.1, -0.05) is 0 Å². The molecule has 35 heavy (non-hydrogen) atoms. The van der Waals surface area contributed by atoms with Crippen LogP contribution in [0.4, 0.5) is 0 Å². The van der Waals surface area contributed by atoms with Crippen molar-refractivity contribution in [3.63, 3.8) is 0 Å². The Labute approximate surface area is 222 Å². The molecule has 0 radical (unpaired) electrons. The van der Waals surface area contributed by atoms with Gasteiger partial charge in [-0.15, -0.1) is 0 Å². The molecule has 0 aliphatic heterocycles. The standard InChI is InChI=1S/C20H29O2.3C4H9.Sn/c1-5-9-19(21)22-18-14-15(2)12-13-17(18)20(3,4)16-10-7-6-8-11-16;3*1-3-4-2;/h5-8,10-11,15,17-18H,9,12-14H2,1-4H3;3*1,3-4H2,2H3;. The summed E-state index contributed by atoms with van der Waals surface area (Å²) in [5.41, 5.74) is 1.37. The van der Waals surface area contributed by atoms with Gasteiger partial charge in [-0.2, -0.15) is 0 Å². The van der Waals surface area contributed by atoms with Gasteiger partial charge in [-0.25, -0.2) is 0 Å². The zero-order valence-corrected chi connectivity index (χ0v) is 27.1. The van der Waals surface area contributed by atoms with Crippen molar-refractivity contribution in [1.29, 1.82) is 0 Å². The number of esters is 1. The zero-order chi connectivity index (χ0) is 25.9. The Morgan fingerprint density at radius 2 is 1.51 bits per heavy atom. The Balaban J connectivity index is 2.17. The molecule has 4 unspecified atom stereocenters. The van der Waals surface area contributed by atoms with E-state index in [9.17, 15) is 4.79 Å². The van der Waals surface area contributed by atoms with Crippen LogP contribution in [0, 0.1) is 11.8 Å². The van der Waals surface area contributed by atoms with Crippen molar-refractivity contribution < 1.29 is 9.53 Å². The van der Waals surface area contributed by atoms with Crippen molar-refractivity contribution in [3.05, 3.63) is 35.9 Å². The van der Waals surface area contributed by atoms with Gasteiger partial charge in [0.05, 0.1) is 0 Å². The third kappa shape index (κ3) is 8.78. The number of carbonyl (C=O) groups excluding carboxylic acids is 1. The summed E-state index contributed by atoms with van der Waals surface area (Å²) in [6.07, 6.45) is 12.0. The average molecular weight is 592 g/mol. The van der Waals surface area contributed by atoms with Crippen LogP contribution >= 0.6 is 0 Å². The molecule has 2 nitrogen and oxygen atoms in total. The molecule has 1 aromatic carbocycles. The molecular weight excluding hydrogens is 535 g/mol. The number of ether oxygens (including phenoxy) is 1. The number of unbranched alkanes of at least 4 members (excludes halogenated alkanes) is 3. The predicted molar refractivity (Wildman–Crippen MR) is 155 cm³/mol. The Bertz CT molecular complexity index is 707. The first kappa shape index (κ1) is 30.7. The molecule has 0 aromatic heterocycles. The topological polar surface area (TPSA) is 26.3 Å². The zero-order valence-electron chi connectivity index (χ0n) is 24.2. The first-order chi connectivity index (χ1) is 16.7. The molecule has 0 saturated heterocycles. The van der Waals surface area contributed by atoms with E-state index in [4.69, 9.17) is 4.74 Å². The third-order valence-electron chi connectivity index (χ3n) is 9.38. The molecule has 1 fully saturated rings. The van der Waals surface area contributed by atoms with E-state index >= 15 is 0 Å². The summed E-state index contributed by atoms with van der Waals surface area (Å²) in [7, 11) is 0. The quantitative estimate of drug-likeness (QED) is 0.150. The Hall–Kier alpha value is -0.511. The molecule has 3 heteroatoms. The molecule has 2 rings (SSSR count). The second-order valence-electron chi connectivity index (χ2n) is 12.4. The van der Waals surface area contributed by atoms with Crippen molar-refractivity contribution >= 4 is 24.3 Å². The Kier molecular flexibility index (Phi) is 13.2. The van der Waals surface area contributed by atoms with Crippen LogP contribution in [0.15, 0.2) is 30.3 Å². The summed E-state index contributed by atoms with van der Waals surface area (Å²) in [4.78, 5) is 13.5. The number of carbonyl (C=O) groups is 1. The fourth-order valence-corrected chi connectivity index (χ4v) is 23.9. The summed E-state index contributed by atoms with van der Waals surface area (Å²) in [5.74, 6) is 1.11. The number of rotatable bonds is 15. The van der Waals surface area contributed by atoms with Crippen LogP contribution in [0.1, 0.15) is 118 Å². The maximum atomic E-state index is 13.5. The van der Waals surface area contributed by atoms with Crippen LogP contribution in [0.3, 0.4) is 0 Å². The number of hydrogen-bond donors (Lipinski definition) is 0. The fraction of sp³-hybridized carbons (Fsp3) is 0.781. The van der Waals surface area contributed by atoms with Crippen LogP contribution in [-0.4, -0.2) is 30.5 Å². The van der Waals surface area contributed by atoms with Crippen molar-refractivity contribution in [2.45, 2.75) is 141 Å². The minimum absolute atomic E-state index is 0.00429. The second kappa shape index (κ2) is 15.0. The maximum absolute atomic E-state index is 13.5. The number of benzene rings is 1. The SMILES string of the molecule is CCC[CH2][Sn]([CH2]CCC)([CH2]CCC)[CH](C)CC(=O)OC1CC(C)CCC1C(C)(C)c1ccccc1. The molecule has 1 aliphatic carbocycles. The van der Waals surface area contributed by atoms with E-state index < -0.39 is 18.4 Å². The molecule has 1 saturated carbocycles. The second-order valence-corrected chi connectivity index (χ2v) is 27.3. The van der Waals surface area contributed by atoms with E-state index in [2.05, 4.69) is 78.8 Å². The van der Waals surface area contributed by atoms with Gasteiger partial charge in [0.1, 0.15) is 0 Å². The van der Waals surface area contributed by atoms with Gasteiger partial charge < -0.3 is 0 Å². The monoisotopic (exact) mass is 592 g/mol. The van der Waals surface area contributed by atoms with Gasteiger partial charge in [-0.05, 0) is 0 Å². The van der Waals surface area contributed by atoms with E-state index in [0.717, 1.165) is 12.8 Å². The van der Waals surface area contributed by atoms with E-state index in [0.29, 0.717) is 22.2 Å². The van der Waals surface area contributed by atoms with Gasteiger partial charge in [0.15, 0.2) is 0 Å². The summed E-state index contributed by atoms with van der Waals surface area (Å²) < 4.78 is 11.4. The minimum atomic E-state index is -2.43. The van der Waals surface area contributed by atoms with Gasteiger partial charge in [0.25, 0.3) is 0 Å². The molecule has 0 bridgehead atoms. The van der Waals surface area contributed by atoms with Crippen LogP contribution < -0.4 is 0 Å². The van der Waals surface area contributed by atoms with Crippen molar-refractivity contribution in [2.75, 3.05) is 0 Å². The average Bonchev–Trinajstić information content (AvgIpc) is 2.84. The predicted octanol–water partition coefficient (Wildman–Crippen LogP) is 9.94. The van der Waals surface area contributed by atoms with Gasteiger partial charge in [0, 0.05) is 0 Å². The molecule has 1 aliphatic rings. The summed E-state index contributed by atoms with van der Waals surface area (Å²) >= 11 is -2.43. The first-order valence-electron chi connectivity index (χ1n) is 14.9. The number of hydrogen-bond acceptors (Lipinski definition) is 2. The first-order valence-corrected chi connectivity index (χ1v) is 22.6. The van der Waals surface area contributed by atoms with Crippen LogP contribution in [-0.2, 0) is 14.9 Å². The van der Waals surface area contributed by atoms with Gasteiger partial charge in [-0.3, -0.25) is 0 Å². The Morgan fingerprint density at radius 3 is 2.03 bits per heavy atom. The van der Waals surface area contributed by atoms with E-state index in [1.165, 1.54) is 63.8 Å². The van der Waals surface area contributed by atoms with Crippen LogP contribution in [0.2, 0.25) is 17.2 Å². The van der Waals surface area contributed by atoms with Gasteiger partial charge in [0.2, 0.25) is 0 Å². The van der Waals surface area contributed by atoms with E-state index in [1.807, 2.05) is 0 Å². The Morgan fingerprint density at radius 1 is 0.971 bits per heavy atom. The fourth-order valence-electron chi connectivity index (χ4n) is 6.75. The van der Waals surface area contributed by atoms with E-state index in [1.54, 1.807) is 0 Å². The molecule has 0 heterocycles. The van der Waals surface area contributed by atoms with Crippen LogP contribution in [0.25, 0.3) is 0 Å². The third-order valence-corrected chi connectivity index (χ3v) is 27.5. The molecular formula is C32H56O2Sn. The molecule has 0 spiro atoms. The van der Waals surface area contributed by atoms with Crippen LogP contribution in [0.5, 0.6) is 0 Å². The molecule has 1 aromatic rings. The molecule has 4 atom stereocenters. The van der Waals surface area contributed by atoms with E-state index in [-0.39, 0.29) is 17.5 Å². The molecule has 200 valence electrons. The van der Waals surface area contributed by atoms with Crippen molar-refractivity contribution in [3.8, 4) is 0 Å².